The maximum Gasteiger partial charge on any atom is 0.343 e. The molecule has 7 heteroatoms. The van der Waals surface area contributed by atoms with E-state index in [-0.39, 0.29) is 17.3 Å². The van der Waals surface area contributed by atoms with E-state index in [1.807, 2.05) is 55.5 Å². The fourth-order valence-electron chi connectivity index (χ4n) is 3.57. The van der Waals surface area contributed by atoms with Crippen LogP contribution < -0.4 is 10.1 Å². The number of nitrogens with one attached hydrogen (secondary N) is 1. The lowest BCUT2D eigenvalue weighted by Gasteiger charge is -2.15. The summed E-state index contributed by atoms with van der Waals surface area (Å²) in [7, 11) is 0. The molecule has 4 rings (SSSR count). The molecule has 0 aliphatic carbocycles. The Kier molecular flexibility index (Phi) is 7.09. The van der Waals surface area contributed by atoms with Crippen LogP contribution in [0.5, 0.6) is 5.75 Å². The lowest BCUT2D eigenvalue weighted by molar-refractivity contribution is -0.137. The number of hydrogen-bond donors (Lipinski definition) is 1. The lowest BCUT2D eigenvalue weighted by Crippen LogP contribution is -2.34. The van der Waals surface area contributed by atoms with Gasteiger partial charge in [0.25, 0.3) is 11.8 Å². The first-order valence-corrected chi connectivity index (χ1v) is 11.3. The number of ether oxygens (including phenoxy) is 1. The quantitative estimate of drug-likeness (QED) is 0.284. The molecule has 3 aromatic rings. The van der Waals surface area contributed by atoms with Gasteiger partial charge < -0.3 is 10.1 Å². The number of benzene rings is 3. The van der Waals surface area contributed by atoms with Gasteiger partial charge >= 0.3 is 5.97 Å². The molecule has 1 aliphatic rings. The molecule has 1 N–H and O–H groups in total. The topological polar surface area (TPSA) is 75.7 Å². The molecule has 1 heterocycles. The van der Waals surface area contributed by atoms with Crippen molar-refractivity contribution >= 4 is 35.1 Å². The summed E-state index contributed by atoms with van der Waals surface area (Å²) in [5, 5.41) is 2.76. The highest BCUT2D eigenvalue weighted by Gasteiger charge is 2.37. The summed E-state index contributed by atoms with van der Waals surface area (Å²) >= 11 is 6.18. The van der Waals surface area contributed by atoms with Crippen molar-refractivity contribution < 1.29 is 19.1 Å². The Hall–Kier alpha value is -3.90. The number of hydrogen-bond acceptors (Lipinski definition) is 5. The van der Waals surface area contributed by atoms with Gasteiger partial charge in [-0.2, -0.15) is 0 Å². The summed E-state index contributed by atoms with van der Waals surface area (Å²) in [4.78, 5) is 38.9. The number of nitrogens with zero attached hydrogens (tertiary/aromatic N) is 1. The minimum absolute atomic E-state index is 0.0198. The van der Waals surface area contributed by atoms with Crippen LogP contribution in [0.1, 0.15) is 28.4 Å². The number of rotatable bonds is 8. The van der Waals surface area contributed by atoms with Gasteiger partial charge in [0.15, 0.2) is 0 Å². The Morgan fingerprint density at radius 2 is 1.62 bits per heavy atom. The van der Waals surface area contributed by atoms with Gasteiger partial charge in [0.1, 0.15) is 16.5 Å². The van der Waals surface area contributed by atoms with Gasteiger partial charge in [0.2, 0.25) is 0 Å². The van der Waals surface area contributed by atoms with Crippen LogP contribution in [-0.4, -0.2) is 29.2 Å². The van der Waals surface area contributed by atoms with E-state index in [4.69, 9.17) is 16.3 Å². The molecule has 0 spiro atoms. The summed E-state index contributed by atoms with van der Waals surface area (Å²) in [5.41, 5.74) is 2.98. The minimum atomic E-state index is -0.528. The maximum absolute atomic E-state index is 12.8. The summed E-state index contributed by atoms with van der Waals surface area (Å²) < 4.78 is 5.45. The molecule has 0 atom stereocenters. The van der Waals surface area contributed by atoms with E-state index in [2.05, 4.69) is 5.32 Å². The Morgan fingerprint density at radius 3 is 2.32 bits per heavy atom. The zero-order valence-corrected chi connectivity index (χ0v) is 19.3. The van der Waals surface area contributed by atoms with Gasteiger partial charge in [-0.1, -0.05) is 61.0 Å². The van der Waals surface area contributed by atoms with Crippen LogP contribution in [0, 0.1) is 0 Å². The van der Waals surface area contributed by atoms with E-state index < -0.39 is 17.8 Å². The molecule has 0 unspecified atom stereocenters. The van der Waals surface area contributed by atoms with Crippen molar-refractivity contribution in [3.63, 3.8) is 0 Å². The molecule has 1 aliphatic heterocycles. The Balaban J connectivity index is 1.39. The summed E-state index contributed by atoms with van der Waals surface area (Å²) in [6, 6.07) is 23.4. The second kappa shape index (κ2) is 10.4. The molecule has 34 heavy (non-hydrogen) atoms. The SMILES string of the molecule is CCc1cccc(OC(=O)c2ccc(NC3=C(Cl)C(=O)N(CCc4ccccc4)C3=O)cc2)c1. The molecule has 6 nitrogen and oxygen atoms in total. The van der Waals surface area contributed by atoms with E-state index in [1.54, 1.807) is 30.3 Å². The predicted octanol–water partition coefficient (Wildman–Crippen LogP) is 4.94. The normalized spacial score (nSPS) is 13.4. The monoisotopic (exact) mass is 474 g/mol. The second-order valence-electron chi connectivity index (χ2n) is 7.78. The van der Waals surface area contributed by atoms with Crippen LogP contribution in [0.2, 0.25) is 0 Å². The number of anilines is 1. The maximum atomic E-state index is 12.8. The smallest absolute Gasteiger partial charge is 0.343 e. The summed E-state index contributed by atoms with van der Waals surface area (Å²) in [6.07, 6.45) is 1.38. The van der Waals surface area contributed by atoms with Crippen LogP contribution in [0.15, 0.2) is 89.6 Å². The molecule has 0 saturated carbocycles. The number of carbonyl (C=O) groups is 3. The van der Waals surface area contributed by atoms with Crippen LogP contribution in [0.25, 0.3) is 0 Å². The Labute approximate surface area is 202 Å². The highest BCUT2D eigenvalue weighted by atomic mass is 35.5. The molecular formula is C27H23ClN2O4. The highest BCUT2D eigenvalue weighted by Crippen LogP contribution is 2.26. The van der Waals surface area contributed by atoms with Gasteiger partial charge in [-0.25, -0.2) is 4.79 Å². The lowest BCUT2D eigenvalue weighted by atomic mass is 10.1. The van der Waals surface area contributed by atoms with Crippen molar-refractivity contribution in [1.82, 2.24) is 4.90 Å². The zero-order valence-electron chi connectivity index (χ0n) is 18.6. The molecule has 0 radical (unpaired) electrons. The molecular weight excluding hydrogens is 452 g/mol. The Bertz CT molecular complexity index is 1250. The van der Waals surface area contributed by atoms with Gasteiger partial charge in [-0.15, -0.1) is 0 Å². The average molecular weight is 475 g/mol. The number of aryl methyl sites for hydroxylation is 1. The van der Waals surface area contributed by atoms with Crippen LogP contribution in [0.3, 0.4) is 0 Å². The fraction of sp³-hybridized carbons (Fsp3) is 0.148. The first-order chi connectivity index (χ1) is 16.5. The van der Waals surface area contributed by atoms with Gasteiger partial charge in [-0.3, -0.25) is 14.5 Å². The zero-order chi connectivity index (χ0) is 24.1. The third-order valence-corrected chi connectivity index (χ3v) is 5.84. The molecule has 0 saturated heterocycles. The Morgan fingerprint density at radius 1 is 0.912 bits per heavy atom. The number of halogens is 1. The second-order valence-corrected chi connectivity index (χ2v) is 8.16. The largest absolute Gasteiger partial charge is 0.423 e. The van der Waals surface area contributed by atoms with E-state index >= 15 is 0 Å². The summed E-state index contributed by atoms with van der Waals surface area (Å²) in [6.45, 7) is 2.26. The van der Waals surface area contributed by atoms with Crippen LogP contribution in [-0.2, 0) is 22.4 Å². The van der Waals surface area contributed by atoms with E-state index in [1.165, 1.54) is 0 Å². The highest BCUT2D eigenvalue weighted by molar-refractivity contribution is 6.48. The molecule has 0 bridgehead atoms. The molecule has 0 fully saturated rings. The number of esters is 1. The number of amides is 2. The standard InChI is InChI=1S/C27H23ClN2O4/c1-2-18-9-6-10-22(17-18)34-27(33)20-11-13-21(14-12-20)29-24-23(28)25(31)30(26(24)32)16-15-19-7-4-3-5-8-19/h3-14,17,29H,2,15-16H2,1H3. The number of carbonyl (C=O) groups excluding carboxylic acids is 3. The minimum Gasteiger partial charge on any atom is -0.423 e. The van der Waals surface area contributed by atoms with E-state index in [0.29, 0.717) is 23.4 Å². The molecule has 0 aromatic heterocycles. The average Bonchev–Trinajstić information content (AvgIpc) is 3.06. The van der Waals surface area contributed by atoms with Crippen molar-refractivity contribution in [1.29, 1.82) is 0 Å². The van der Waals surface area contributed by atoms with Crippen molar-refractivity contribution in [2.45, 2.75) is 19.8 Å². The third-order valence-electron chi connectivity index (χ3n) is 5.49. The summed E-state index contributed by atoms with van der Waals surface area (Å²) in [5.74, 6) is -1.02. The van der Waals surface area contributed by atoms with Gasteiger partial charge in [0, 0.05) is 12.2 Å². The van der Waals surface area contributed by atoms with E-state index in [9.17, 15) is 14.4 Å². The van der Waals surface area contributed by atoms with E-state index in [0.717, 1.165) is 22.4 Å². The number of imide groups is 1. The van der Waals surface area contributed by atoms with Crippen LogP contribution >= 0.6 is 11.6 Å². The third kappa shape index (κ3) is 5.18. The van der Waals surface area contributed by atoms with Crippen molar-refractivity contribution in [2.75, 3.05) is 11.9 Å². The van der Waals surface area contributed by atoms with Crippen molar-refractivity contribution in [3.05, 3.63) is 106 Å². The van der Waals surface area contributed by atoms with Crippen molar-refractivity contribution in [2.24, 2.45) is 0 Å². The van der Waals surface area contributed by atoms with Gasteiger partial charge in [0.05, 0.1) is 5.56 Å². The molecule has 172 valence electrons. The van der Waals surface area contributed by atoms with Gasteiger partial charge in [-0.05, 0) is 60.4 Å². The fourth-order valence-corrected chi connectivity index (χ4v) is 3.80. The molecule has 2 amide bonds. The van der Waals surface area contributed by atoms with Crippen molar-refractivity contribution in [3.8, 4) is 5.75 Å². The first-order valence-electron chi connectivity index (χ1n) is 10.9. The van der Waals surface area contributed by atoms with Crippen LogP contribution in [0.4, 0.5) is 5.69 Å². The molecule has 3 aromatic carbocycles. The predicted molar refractivity (Wildman–Crippen MR) is 131 cm³/mol. The first kappa shape index (κ1) is 23.3.